The summed E-state index contributed by atoms with van der Waals surface area (Å²) in [4.78, 5) is 12.5. The highest BCUT2D eigenvalue weighted by atomic mass is 16.5. The Morgan fingerprint density at radius 2 is 1.73 bits per heavy atom. The van der Waals surface area contributed by atoms with Crippen molar-refractivity contribution in [2.24, 2.45) is 0 Å². The second kappa shape index (κ2) is 7.50. The van der Waals surface area contributed by atoms with E-state index in [1.807, 2.05) is 37.3 Å². The maximum absolute atomic E-state index is 12.5. The molecule has 22 heavy (non-hydrogen) atoms. The normalized spacial score (nSPS) is 11.6. The summed E-state index contributed by atoms with van der Waals surface area (Å²) in [5, 5.41) is 2.94. The van der Waals surface area contributed by atoms with E-state index in [0.29, 0.717) is 17.2 Å². The van der Waals surface area contributed by atoms with Crippen LogP contribution in [0.1, 0.15) is 24.8 Å². The van der Waals surface area contributed by atoms with Crippen molar-refractivity contribution < 1.29 is 14.3 Å². The molecule has 0 heterocycles. The summed E-state index contributed by atoms with van der Waals surface area (Å²) in [6.07, 6.45) is 0.739. The summed E-state index contributed by atoms with van der Waals surface area (Å²) in [7, 11) is 3.15. The van der Waals surface area contributed by atoms with E-state index in [4.69, 9.17) is 9.47 Å². The second-order valence-electron chi connectivity index (χ2n) is 4.93. The smallest absolute Gasteiger partial charge is 0.231 e. The lowest BCUT2D eigenvalue weighted by Crippen LogP contribution is -2.20. The minimum absolute atomic E-state index is 0.0269. The summed E-state index contributed by atoms with van der Waals surface area (Å²) in [5.41, 5.74) is 1.71. The molecule has 2 aromatic rings. The van der Waals surface area contributed by atoms with E-state index in [1.165, 1.54) is 0 Å². The Hall–Kier alpha value is -2.49. The highest BCUT2D eigenvalue weighted by Crippen LogP contribution is 2.30. The van der Waals surface area contributed by atoms with Crippen molar-refractivity contribution in [3.8, 4) is 11.5 Å². The van der Waals surface area contributed by atoms with Gasteiger partial charge in [0.25, 0.3) is 0 Å². The van der Waals surface area contributed by atoms with Crippen LogP contribution in [0.4, 0.5) is 5.69 Å². The van der Waals surface area contributed by atoms with Gasteiger partial charge in [0.2, 0.25) is 5.91 Å². The van der Waals surface area contributed by atoms with E-state index in [1.54, 1.807) is 32.4 Å². The molecule has 1 atom stereocenters. The van der Waals surface area contributed by atoms with Crippen molar-refractivity contribution in [3.05, 3.63) is 54.1 Å². The molecule has 0 spiro atoms. The number of anilines is 1. The number of methoxy groups -OCH3 is 2. The zero-order valence-corrected chi connectivity index (χ0v) is 13.1. The summed E-state index contributed by atoms with van der Waals surface area (Å²) in [6, 6.07) is 15.1. The van der Waals surface area contributed by atoms with Gasteiger partial charge in [0, 0.05) is 11.8 Å². The van der Waals surface area contributed by atoms with Crippen LogP contribution in [0, 0.1) is 0 Å². The predicted molar refractivity (Wildman–Crippen MR) is 87.6 cm³/mol. The third-order valence-corrected chi connectivity index (χ3v) is 3.58. The molecule has 0 aliphatic carbocycles. The zero-order valence-electron chi connectivity index (χ0n) is 13.1. The van der Waals surface area contributed by atoms with E-state index in [-0.39, 0.29) is 11.8 Å². The first-order valence-corrected chi connectivity index (χ1v) is 7.27. The number of carbonyl (C=O) groups excluding carboxylic acids is 1. The second-order valence-corrected chi connectivity index (χ2v) is 4.93. The Bertz CT molecular complexity index is 625. The van der Waals surface area contributed by atoms with E-state index < -0.39 is 0 Å². The number of hydrogen-bond acceptors (Lipinski definition) is 3. The Balaban J connectivity index is 2.17. The fourth-order valence-corrected chi connectivity index (χ4v) is 2.40. The van der Waals surface area contributed by atoms with Gasteiger partial charge in [0.15, 0.2) is 11.5 Å². The van der Waals surface area contributed by atoms with E-state index >= 15 is 0 Å². The minimum atomic E-state index is -0.172. The van der Waals surface area contributed by atoms with Crippen molar-refractivity contribution >= 4 is 11.6 Å². The van der Waals surface area contributed by atoms with E-state index in [2.05, 4.69) is 5.32 Å². The van der Waals surface area contributed by atoms with Crippen molar-refractivity contribution in [1.29, 1.82) is 0 Å². The molecule has 1 amide bonds. The lowest BCUT2D eigenvalue weighted by atomic mass is 9.95. The van der Waals surface area contributed by atoms with Crippen LogP contribution in [-0.4, -0.2) is 20.1 Å². The van der Waals surface area contributed by atoms with Gasteiger partial charge in [-0.05, 0) is 24.1 Å². The number of rotatable bonds is 6. The van der Waals surface area contributed by atoms with Gasteiger partial charge in [0.1, 0.15) is 0 Å². The van der Waals surface area contributed by atoms with Crippen molar-refractivity contribution in [1.82, 2.24) is 0 Å². The van der Waals surface area contributed by atoms with Gasteiger partial charge in [-0.15, -0.1) is 0 Å². The van der Waals surface area contributed by atoms with Crippen LogP contribution in [0.5, 0.6) is 11.5 Å². The quantitative estimate of drug-likeness (QED) is 0.881. The molecule has 0 fully saturated rings. The molecule has 4 nitrogen and oxygen atoms in total. The summed E-state index contributed by atoms with van der Waals surface area (Å²) >= 11 is 0. The summed E-state index contributed by atoms with van der Waals surface area (Å²) in [6.45, 7) is 2.01. The van der Waals surface area contributed by atoms with Gasteiger partial charge in [-0.3, -0.25) is 4.79 Å². The third-order valence-electron chi connectivity index (χ3n) is 3.58. The molecule has 0 saturated heterocycles. The molecule has 0 aliphatic heterocycles. The van der Waals surface area contributed by atoms with Crippen LogP contribution < -0.4 is 14.8 Å². The molecule has 0 aliphatic rings. The van der Waals surface area contributed by atoms with Crippen LogP contribution in [-0.2, 0) is 4.79 Å². The van der Waals surface area contributed by atoms with Gasteiger partial charge >= 0.3 is 0 Å². The molecule has 116 valence electrons. The minimum Gasteiger partial charge on any atom is -0.493 e. The number of benzene rings is 2. The first-order chi connectivity index (χ1) is 10.7. The van der Waals surface area contributed by atoms with Crippen molar-refractivity contribution in [3.63, 3.8) is 0 Å². The highest BCUT2D eigenvalue weighted by molar-refractivity contribution is 5.96. The van der Waals surface area contributed by atoms with Crippen LogP contribution in [0.15, 0.2) is 48.5 Å². The van der Waals surface area contributed by atoms with Crippen LogP contribution in [0.2, 0.25) is 0 Å². The Labute approximate surface area is 131 Å². The SMILES string of the molecule is CC[C@@H](C(=O)Nc1ccc(OC)c(OC)c1)c1ccccc1. The monoisotopic (exact) mass is 299 g/mol. The molecule has 0 radical (unpaired) electrons. The van der Waals surface area contributed by atoms with Gasteiger partial charge in [-0.1, -0.05) is 37.3 Å². The zero-order chi connectivity index (χ0) is 15.9. The molecule has 0 saturated carbocycles. The first kappa shape index (κ1) is 15.9. The maximum atomic E-state index is 12.5. The molecule has 0 aromatic heterocycles. The third kappa shape index (κ3) is 3.58. The van der Waals surface area contributed by atoms with E-state index in [9.17, 15) is 4.79 Å². The number of nitrogens with one attached hydrogen (secondary N) is 1. The van der Waals surface area contributed by atoms with Gasteiger partial charge in [-0.25, -0.2) is 0 Å². The molecule has 0 unspecified atom stereocenters. The predicted octanol–water partition coefficient (Wildman–Crippen LogP) is 3.84. The van der Waals surface area contributed by atoms with Crippen molar-refractivity contribution in [2.75, 3.05) is 19.5 Å². The average Bonchev–Trinajstić information content (AvgIpc) is 2.56. The van der Waals surface area contributed by atoms with Gasteiger partial charge in [0.05, 0.1) is 20.1 Å². The molecule has 0 bridgehead atoms. The number of ether oxygens (including phenoxy) is 2. The standard InChI is InChI=1S/C18H21NO3/c1-4-15(13-8-6-5-7-9-13)18(20)19-14-10-11-16(21-2)17(12-14)22-3/h5-12,15H,4H2,1-3H3,(H,19,20)/t15-/m1/s1. The largest absolute Gasteiger partial charge is 0.493 e. The number of hydrogen-bond donors (Lipinski definition) is 1. The fourth-order valence-electron chi connectivity index (χ4n) is 2.40. The molecule has 4 heteroatoms. The number of carbonyl (C=O) groups is 1. The maximum Gasteiger partial charge on any atom is 0.231 e. The molecular formula is C18H21NO3. The topological polar surface area (TPSA) is 47.6 Å². The molecule has 2 rings (SSSR count). The lowest BCUT2D eigenvalue weighted by molar-refractivity contribution is -0.117. The summed E-state index contributed by atoms with van der Waals surface area (Å²) in [5.74, 6) is 1.03. The van der Waals surface area contributed by atoms with Crippen molar-refractivity contribution in [2.45, 2.75) is 19.3 Å². The van der Waals surface area contributed by atoms with Crippen LogP contribution >= 0.6 is 0 Å². The number of amides is 1. The van der Waals surface area contributed by atoms with E-state index in [0.717, 1.165) is 12.0 Å². The Kier molecular flexibility index (Phi) is 5.42. The Morgan fingerprint density at radius 3 is 2.32 bits per heavy atom. The fraction of sp³-hybridized carbons (Fsp3) is 0.278. The van der Waals surface area contributed by atoms with Gasteiger partial charge in [-0.2, -0.15) is 0 Å². The first-order valence-electron chi connectivity index (χ1n) is 7.27. The van der Waals surface area contributed by atoms with Crippen LogP contribution in [0.25, 0.3) is 0 Å². The Morgan fingerprint density at radius 1 is 1.05 bits per heavy atom. The van der Waals surface area contributed by atoms with Gasteiger partial charge < -0.3 is 14.8 Å². The summed E-state index contributed by atoms with van der Waals surface area (Å²) < 4.78 is 10.5. The lowest BCUT2D eigenvalue weighted by Gasteiger charge is -2.16. The average molecular weight is 299 g/mol. The highest BCUT2D eigenvalue weighted by Gasteiger charge is 2.19. The molecule has 2 aromatic carbocycles. The molecular weight excluding hydrogens is 278 g/mol. The molecule has 1 N–H and O–H groups in total. The van der Waals surface area contributed by atoms with Crippen LogP contribution in [0.3, 0.4) is 0 Å².